The van der Waals surface area contributed by atoms with E-state index in [4.69, 9.17) is 4.74 Å². The molecule has 0 spiro atoms. The normalized spacial score (nSPS) is 10.3. The molecule has 0 aliphatic carbocycles. The first-order valence-corrected chi connectivity index (χ1v) is 6.13. The summed E-state index contributed by atoms with van der Waals surface area (Å²) in [5, 5.41) is 13.9. The van der Waals surface area contributed by atoms with Crippen molar-refractivity contribution in [3.05, 3.63) is 57.8 Å². The van der Waals surface area contributed by atoms with E-state index in [0.717, 1.165) is 12.1 Å². The van der Waals surface area contributed by atoms with Gasteiger partial charge in [0.25, 0.3) is 5.69 Å². The molecule has 0 aliphatic rings. The maximum atomic E-state index is 10.9. The number of aromatic nitrogens is 1. The van der Waals surface area contributed by atoms with Gasteiger partial charge in [0, 0.05) is 24.9 Å². The van der Waals surface area contributed by atoms with Gasteiger partial charge >= 0.3 is 0 Å². The largest absolute Gasteiger partial charge is 0.439 e. The molecule has 1 aromatic carbocycles. The second kappa shape index (κ2) is 6.12. The van der Waals surface area contributed by atoms with E-state index in [1.807, 2.05) is 13.1 Å². The Morgan fingerprint density at radius 3 is 2.75 bits per heavy atom. The monoisotopic (exact) mass is 273 g/mol. The third-order valence-corrected chi connectivity index (χ3v) is 2.85. The van der Waals surface area contributed by atoms with Crippen LogP contribution in [0.25, 0.3) is 0 Å². The van der Waals surface area contributed by atoms with Gasteiger partial charge in [-0.05, 0) is 25.6 Å². The Morgan fingerprint density at radius 1 is 1.35 bits per heavy atom. The maximum absolute atomic E-state index is 10.9. The molecular weight excluding hydrogens is 258 g/mol. The number of hydrogen-bond donors (Lipinski definition) is 1. The Balaban J connectivity index is 2.21. The molecular formula is C14H15N3O3. The quantitative estimate of drug-likeness (QED) is 0.669. The number of nitro benzene ring substituents is 1. The Bertz CT molecular complexity index is 612. The first kappa shape index (κ1) is 14.0. The fourth-order valence-electron chi connectivity index (χ4n) is 1.80. The lowest BCUT2D eigenvalue weighted by molar-refractivity contribution is -0.385. The Hall–Kier alpha value is -2.47. The third kappa shape index (κ3) is 3.10. The zero-order chi connectivity index (χ0) is 14.5. The molecule has 20 heavy (non-hydrogen) atoms. The fraction of sp³-hybridized carbons (Fsp3) is 0.214. The highest BCUT2D eigenvalue weighted by Gasteiger charge is 2.14. The van der Waals surface area contributed by atoms with Crippen molar-refractivity contribution in [2.24, 2.45) is 0 Å². The van der Waals surface area contributed by atoms with E-state index >= 15 is 0 Å². The zero-order valence-electron chi connectivity index (χ0n) is 11.3. The van der Waals surface area contributed by atoms with Gasteiger partial charge in [-0.3, -0.25) is 10.1 Å². The first-order valence-electron chi connectivity index (χ1n) is 6.13. The van der Waals surface area contributed by atoms with Crippen molar-refractivity contribution >= 4 is 5.69 Å². The number of nitrogens with zero attached hydrogens (tertiary/aromatic N) is 2. The lowest BCUT2D eigenvalue weighted by atomic mass is 10.2. The van der Waals surface area contributed by atoms with Crippen molar-refractivity contribution < 1.29 is 9.66 Å². The molecule has 104 valence electrons. The molecule has 0 fully saturated rings. The number of benzene rings is 1. The van der Waals surface area contributed by atoms with Crippen LogP contribution < -0.4 is 10.1 Å². The average Bonchev–Trinajstić information content (AvgIpc) is 2.43. The van der Waals surface area contributed by atoms with Gasteiger partial charge < -0.3 is 10.1 Å². The Labute approximate surface area is 116 Å². The number of nitrogens with one attached hydrogen (secondary N) is 1. The van der Waals surface area contributed by atoms with Gasteiger partial charge in [-0.2, -0.15) is 0 Å². The van der Waals surface area contributed by atoms with E-state index in [9.17, 15) is 10.1 Å². The average molecular weight is 273 g/mol. The van der Waals surface area contributed by atoms with Crippen molar-refractivity contribution in [1.82, 2.24) is 10.3 Å². The number of hydrogen-bond acceptors (Lipinski definition) is 5. The molecule has 1 heterocycles. The maximum Gasteiger partial charge on any atom is 0.276 e. The summed E-state index contributed by atoms with van der Waals surface area (Å²) in [5.74, 6) is 0.849. The summed E-state index contributed by atoms with van der Waals surface area (Å²) in [6.45, 7) is 2.38. The van der Waals surface area contributed by atoms with Gasteiger partial charge in [0.05, 0.1) is 10.5 Å². The van der Waals surface area contributed by atoms with Gasteiger partial charge in [-0.1, -0.05) is 12.1 Å². The topological polar surface area (TPSA) is 77.3 Å². The molecule has 1 aromatic heterocycles. The lowest BCUT2D eigenvalue weighted by Gasteiger charge is -2.08. The van der Waals surface area contributed by atoms with E-state index in [-0.39, 0.29) is 5.69 Å². The Morgan fingerprint density at radius 2 is 2.15 bits per heavy atom. The molecule has 0 radical (unpaired) electrons. The second-order valence-electron chi connectivity index (χ2n) is 4.29. The predicted octanol–water partition coefficient (Wildman–Crippen LogP) is 2.81. The molecule has 0 saturated heterocycles. The number of nitro groups is 1. The fourth-order valence-corrected chi connectivity index (χ4v) is 1.80. The van der Waals surface area contributed by atoms with E-state index in [1.165, 1.54) is 6.07 Å². The minimum Gasteiger partial charge on any atom is -0.439 e. The molecule has 0 aliphatic heterocycles. The highest BCUT2D eigenvalue weighted by Crippen LogP contribution is 2.30. The summed E-state index contributed by atoms with van der Waals surface area (Å²) in [7, 11) is 1.86. The van der Waals surface area contributed by atoms with Gasteiger partial charge in [0.15, 0.2) is 0 Å². The van der Waals surface area contributed by atoms with Crippen molar-refractivity contribution in [1.29, 1.82) is 0 Å². The molecule has 1 N–H and O–H groups in total. The second-order valence-corrected chi connectivity index (χ2v) is 4.29. The van der Waals surface area contributed by atoms with Crippen LogP contribution in [0.2, 0.25) is 0 Å². The van der Waals surface area contributed by atoms with E-state index in [0.29, 0.717) is 17.2 Å². The standard InChI is InChI=1S/C14H15N3O3/c1-10-12(17(18)19)4-3-5-13(10)20-14-7-6-11(8-15-2)9-16-14/h3-7,9,15H,8H2,1-2H3. The summed E-state index contributed by atoms with van der Waals surface area (Å²) in [6, 6.07) is 8.36. The number of pyridine rings is 1. The number of rotatable bonds is 5. The zero-order valence-corrected chi connectivity index (χ0v) is 11.3. The van der Waals surface area contributed by atoms with Crippen molar-refractivity contribution in [2.45, 2.75) is 13.5 Å². The van der Waals surface area contributed by atoms with Crippen molar-refractivity contribution in [3.8, 4) is 11.6 Å². The van der Waals surface area contributed by atoms with Gasteiger partial charge in [-0.15, -0.1) is 0 Å². The van der Waals surface area contributed by atoms with Crippen LogP contribution in [0.4, 0.5) is 5.69 Å². The molecule has 0 amide bonds. The molecule has 2 aromatic rings. The predicted molar refractivity (Wildman–Crippen MR) is 74.9 cm³/mol. The summed E-state index contributed by atoms with van der Waals surface area (Å²) >= 11 is 0. The van der Waals surface area contributed by atoms with E-state index in [2.05, 4.69) is 10.3 Å². The van der Waals surface area contributed by atoms with Gasteiger partial charge in [-0.25, -0.2) is 4.98 Å². The minimum atomic E-state index is -0.425. The molecule has 0 atom stereocenters. The van der Waals surface area contributed by atoms with Crippen molar-refractivity contribution in [3.63, 3.8) is 0 Å². The highest BCUT2D eigenvalue weighted by molar-refractivity contribution is 5.49. The molecule has 6 heteroatoms. The first-order chi connectivity index (χ1) is 9.61. The van der Waals surface area contributed by atoms with Crippen LogP contribution in [0.5, 0.6) is 11.6 Å². The summed E-state index contributed by atoms with van der Waals surface area (Å²) in [4.78, 5) is 14.6. The smallest absolute Gasteiger partial charge is 0.276 e. The summed E-state index contributed by atoms with van der Waals surface area (Å²) in [5.41, 5.74) is 1.56. The van der Waals surface area contributed by atoms with E-state index < -0.39 is 4.92 Å². The van der Waals surface area contributed by atoms with Crippen LogP contribution in [-0.4, -0.2) is 17.0 Å². The molecule has 2 rings (SSSR count). The van der Waals surface area contributed by atoms with Gasteiger partial charge in [0.2, 0.25) is 5.88 Å². The third-order valence-electron chi connectivity index (χ3n) is 2.85. The van der Waals surface area contributed by atoms with Gasteiger partial charge in [0.1, 0.15) is 5.75 Å². The highest BCUT2D eigenvalue weighted by atomic mass is 16.6. The van der Waals surface area contributed by atoms with E-state index in [1.54, 1.807) is 31.3 Å². The van der Waals surface area contributed by atoms with Crippen LogP contribution in [0.1, 0.15) is 11.1 Å². The van der Waals surface area contributed by atoms with Crippen LogP contribution in [-0.2, 0) is 6.54 Å². The SMILES string of the molecule is CNCc1ccc(Oc2cccc([N+](=O)[O-])c2C)nc1. The molecule has 0 bridgehead atoms. The van der Waals surface area contributed by atoms with Crippen LogP contribution in [0, 0.1) is 17.0 Å². The van der Waals surface area contributed by atoms with Crippen LogP contribution in [0.15, 0.2) is 36.5 Å². The molecule has 6 nitrogen and oxygen atoms in total. The number of ether oxygens (including phenoxy) is 1. The van der Waals surface area contributed by atoms with Crippen molar-refractivity contribution in [2.75, 3.05) is 7.05 Å². The van der Waals surface area contributed by atoms with Crippen LogP contribution >= 0.6 is 0 Å². The molecule has 0 unspecified atom stereocenters. The minimum absolute atomic E-state index is 0.0364. The lowest BCUT2D eigenvalue weighted by Crippen LogP contribution is -2.05. The summed E-state index contributed by atoms with van der Waals surface area (Å²) < 4.78 is 5.60. The van der Waals surface area contributed by atoms with Crippen LogP contribution in [0.3, 0.4) is 0 Å². The molecule has 0 saturated carbocycles. The Kier molecular flexibility index (Phi) is 4.27. The summed E-state index contributed by atoms with van der Waals surface area (Å²) in [6.07, 6.45) is 1.71.